The second-order valence-electron chi connectivity index (χ2n) is 6.15. The van der Waals surface area contributed by atoms with Gasteiger partial charge in [0.2, 0.25) is 5.43 Å². The van der Waals surface area contributed by atoms with E-state index in [1.54, 1.807) is 0 Å². The summed E-state index contributed by atoms with van der Waals surface area (Å²) in [5.41, 5.74) is 5.79. The van der Waals surface area contributed by atoms with Crippen molar-refractivity contribution in [3.05, 3.63) is 64.8 Å². The number of phenols is 2. The van der Waals surface area contributed by atoms with Gasteiger partial charge in [-0.05, 0) is 42.5 Å². The molecule has 28 heavy (non-hydrogen) atoms. The van der Waals surface area contributed by atoms with Crippen LogP contribution in [-0.2, 0) is 10.0 Å². The molecule has 0 amide bonds. The number of benzene rings is 3. The van der Waals surface area contributed by atoms with Gasteiger partial charge in [-0.25, -0.2) is 8.42 Å². The molecule has 1 heterocycles. The van der Waals surface area contributed by atoms with E-state index in [0.717, 1.165) is 6.07 Å². The molecule has 0 atom stereocenters. The van der Waals surface area contributed by atoms with Crippen molar-refractivity contribution in [2.24, 2.45) is 0 Å². The first kappa shape index (κ1) is 17.7. The third kappa shape index (κ3) is 2.97. The van der Waals surface area contributed by atoms with E-state index in [1.807, 2.05) is 0 Å². The molecule has 5 N–H and O–H groups in total. The number of nitrogens with two attached hydrogens (primary N) is 1. The average Bonchev–Trinajstić information content (AvgIpc) is 2.62. The highest BCUT2D eigenvalue weighted by molar-refractivity contribution is 7.92. The maximum atomic E-state index is 12.8. The molecular formula is C19H14N2O6S. The highest BCUT2D eigenvalue weighted by atomic mass is 32.2. The Balaban J connectivity index is 1.83. The van der Waals surface area contributed by atoms with Crippen LogP contribution in [0.5, 0.6) is 11.5 Å². The number of anilines is 2. The van der Waals surface area contributed by atoms with Crippen LogP contribution in [0.15, 0.2) is 68.7 Å². The van der Waals surface area contributed by atoms with Crippen LogP contribution >= 0.6 is 0 Å². The fraction of sp³-hybridized carbons (Fsp3) is 0. The topological polar surface area (TPSA) is 143 Å². The Labute approximate surface area is 158 Å². The van der Waals surface area contributed by atoms with Crippen LogP contribution < -0.4 is 15.9 Å². The highest BCUT2D eigenvalue weighted by Gasteiger charge is 2.17. The smallest absolute Gasteiger partial charge is 0.261 e. The van der Waals surface area contributed by atoms with Gasteiger partial charge in [-0.15, -0.1) is 0 Å². The van der Waals surface area contributed by atoms with Crippen molar-refractivity contribution in [1.29, 1.82) is 0 Å². The molecule has 1 aromatic heterocycles. The van der Waals surface area contributed by atoms with Crippen molar-refractivity contribution in [3.63, 3.8) is 0 Å². The van der Waals surface area contributed by atoms with Gasteiger partial charge in [0.05, 0.1) is 10.3 Å². The predicted molar refractivity (Wildman–Crippen MR) is 105 cm³/mol. The number of sulfonamides is 1. The van der Waals surface area contributed by atoms with Crippen LogP contribution in [0.2, 0.25) is 0 Å². The zero-order chi connectivity index (χ0) is 20.1. The number of nitrogens with one attached hydrogen (secondary N) is 1. The Morgan fingerprint density at radius 2 is 1.64 bits per heavy atom. The molecule has 0 fully saturated rings. The number of aromatic hydroxyl groups is 2. The fourth-order valence-corrected chi connectivity index (χ4v) is 3.92. The molecular weight excluding hydrogens is 384 g/mol. The van der Waals surface area contributed by atoms with Crippen LogP contribution in [0.25, 0.3) is 21.9 Å². The molecule has 0 unspecified atom stereocenters. The van der Waals surface area contributed by atoms with Gasteiger partial charge in [-0.1, -0.05) is 0 Å². The Kier molecular flexibility index (Phi) is 3.90. The van der Waals surface area contributed by atoms with Crippen LogP contribution in [0.1, 0.15) is 0 Å². The first-order valence-electron chi connectivity index (χ1n) is 8.05. The van der Waals surface area contributed by atoms with Gasteiger partial charge >= 0.3 is 0 Å². The van der Waals surface area contributed by atoms with E-state index in [2.05, 4.69) is 4.72 Å². The lowest BCUT2D eigenvalue weighted by molar-refractivity contribution is 0.453. The average molecular weight is 398 g/mol. The van der Waals surface area contributed by atoms with Gasteiger partial charge in [-0.3, -0.25) is 9.52 Å². The van der Waals surface area contributed by atoms with Gasteiger partial charge in [0.15, 0.2) is 0 Å². The van der Waals surface area contributed by atoms with Gasteiger partial charge in [0, 0.05) is 23.5 Å². The fourth-order valence-electron chi connectivity index (χ4n) is 2.87. The van der Waals surface area contributed by atoms with Crippen molar-refractivity contribution >= 4 is 43.3 Å². The molecule has 0 aliphatic rings. The van der Waals surface area contributed by atoms with Crippen LogP contribution in [0.4, 0.5) is 11.4 Å². The summed E-state index contributed by atoms with van der Waals surface area (Å²) in [5, 5.41) is 19.5. The molecule has 8 nitrogen and oxygen atoms in total. The molecule has 0 radical (unpaired) electrons. The van der Waals surface area contributed by atoms with Gasteiger partial charge in [0.1, 0.15) is 28.1 Å². The van der Waals surface area contributed by atoms with Crippen molar-refractivity contribution in [2.75, 3.05) is 10.5 Å². The summed E-state index contributed by atoms with van der Waals surface area (Å²) >= 11 is 0. The molecule has 0 aliphatic carbocycles. The minimum absolute atomic E-state index is 0.0143. The highest BCUT2D eigenvalue weighted by Crippen LogP contribution is 2.30. The third-order valence-corrected chi connectivity index (χ3v) is 5.58. The lowest BCUT2D eigenvalue weighted by Gasteiger charge is -2.10. The van der Waals surface area contributed by atoms with E-state index in [0.29, 0.717) is 5.69 Å². The molecule has 0 saturated heterocycles. The van der Waals surface area contributed by atoms with E-state index >= 15 is 0 Å². The summed E-state index contributed by atoms with van der Waals surface area (Å²) in [7, 11) is -3.89. The zero-order valence-corrected chi connectivity index (χ0v) is 15.0. The lowest BCUT2D eigenvalue weighted by Crippen LogP contribution is -2.13. The molecule has 142 valence electrons. The molecule has 0 aliphatic heterocycles. The first-order valence-corrected chi connectivity index (χ1v) is 9.54. The number of nitrogen functional groups attached to an aromatic ring is 1. The number of phenolic OH excluding ortho intramolecular Hbond substituents is 2. The number of rotatable bonds is 3. The van der Waals surface area contributed by atoms with Crippen LogP contribution in [0, 0.1) is 0 Å². The number of fused-ring (bicyclic) bond motifs is 2. The van der Waals surface area contributed by atoms with Gasteiger partial charge in [0.25, 0.3) is 10.0 Å². The molecule has 9 heteroatoms. The van der Waals surface area contributed by atoms with Crippen molar-refractivity contribution in [1.82, 2.24) is 0 Å². The largest absolute Gasteiger partial charge is 0.508 e. The van der Waals surface area contributed by atoms with Gasteiger partial charge < -0.3 is 20.4 Å². The van der Waals surface area contributed by atoms with E-state index in [-0.39, 0.29) is 38.3 Å². The zero-order valence-electron chi connectivity index (χ0n) is 14.2. The van der Waals surface area contributed by atoms with E-state index < -0.39 is 21.2 Å². The summed E-state index contributed by atoms with van der Waals surface area (Å²) in [6.07, 6.45) is 0. The minimum atomic E-state index is -3.89. The molecule has 0 bridgehead atoms. The predicted octanol–water partition coefficient (Wildman–Crippen LogP) is 2.74. The SMILES string of the molecule is Nc1ccc(S(=O)(=O)Nc2ccc3oc4cc(O)cc(O)c4c(=O)c3c2)cc1. The second-order valence-corrected chi connectivity index (χ2v) is 7.84. The number of hydrogen-bond donors (Lipinski definition) is 4. The van der Waals surface area contributed by atoms with E-state index in [1.165, 1.54) is 48.5 Å². The van der Waals surface area contributed by atoms with E-state index in [4.69, 9.17) is 10.2 Å². The van der Waals surface area contributed by atoms with Crippen molar-refractivity contribution < 1.29 is 23.0 Å². The Bertz CT molecular complexity index is 1390. The summed E-state index contributed by atoms with van der Waals surface area (Å²) in [4.78, 5) is 12.8. The summed E-state index contributed by atoms with van der Waals surface area (Å²) in [5.74, 6) is -0.682. The Morgan fingerprint density at radius 1 is 0.929 bits per heavy atom. The van der Waals surface area contributed by atoms with Crippen molar-refractivity contribution in [2.45, 2.75) is 4.90 Å². The Hall–Kier alpha value is -3.72. The molecule has 3 aromatic carbocycles. The molecule has 4 rings (SSSR count). The molecule has 4 aromatic rings. The van der Waals surface area contributed by atoms with Crippen LogP contribution in [0.3, 0.4) is 0 Å². The molecule has 0 spiro atoms. The van der Waals surface area contributed by atoms with Crippen molar-refractivity contribution in [3.8, 4) is 11.5 Å². The van der Waals surface area contributed by atoms with Gasteiger partial charge in [-0.2, -0.15) is 0 Å². The quantitative estimate of drug-likeness (QED) is 0.307. The van der Waals surface area contributed by atoms with Crippen LogP contribution in [-0.4, -0.2) is 18.6 Å². The normalized spacial score (nSPS) is 11.7. The Morgan fingerprint density at radius 3 is 2.36 bits per heavy atom. The maximum absolute atomic E-state index is 12.8. The minimum Gasteiger partial charge on any atom is -0.508 e. The lowest BCUT2D eigenvalue weighted by atomic mass is 10.1. The molecule has 0 saturated carbocycles. The summed E-state index contributed by atoms with van der Waals surface area (Å²) < 4.78 is 33.0. The summed E-state index contributed by atoms with van der Waals surface area (Å²) in [6, 6.07) is 12.1. The van der Waals surface area contributed by atoms with E-state index in [9.17, 15) is 23.4 Å². The number of hydrogen-bond acceptors (Lipinski definition) is 7. The maximum Gasteiger partial charge on any atom is 0.261 e. The monoisotopic (exact) mass is 398 g/mol. The first-order chi connectivity index (χ1) is 13.2. The second kappa shape index (κ2) is 6.17. The third-order valence-electron chi connectivity index (χ3n) is 4.18. The summed E-state index contributed by atoms with van der Waals surface area (Å²) in [6.45, 7) is 0. The standard InChI is InChI=1S/C19H14N2O6S/c20-10-1-4-13(5-2-10)28(25,26)21-11-3-6-16-14(7-11)19(24)18-15(23)8-12(22)9-17(18)27-16/h1-9,21-23H,20H2.